The minimum absolute atomic E-state index is 0.0317. The van der Waals surface area contributed by atoms with Crippen molar-refractivity contribution in [1.82, 2.24) is 0 Å². The van der Waals surface area contributed by atoms with E-state index in [4.69, 9.17) is 4.74 Å². The van der Waals surface area contributed by atoms with Crippen molar-refractivity contribution >= 4 is 5.97 Å². The molecule has 4 heteroatoms. The van der Waals surface area contributed by atoms with Crippen LogP contribution in [0, 0.1) is 17.3 Å². The van der Waals surface area contributed by atoms with Crippen molar-refractivity contribution in [2.24, 2.45) is 17.3 Å². The molecule has 0 radical (unpaired) electrons. The van der Waals surface area contributed by atoms with Gasteiger partial charge in [-0.3, -0.25) is 0 Å². The number of carbonyl (C=O) groups is 1. The van der Waals surface area contributed by atoms with Crippen LogP contribution in [0.25, 0.3) is 0 Å². The van der Waals surface area contributed by atoms with Crippen LogP contribution in [0.3, 0.4) is 0 Å². The van der Waals surface area contributed by atoms with Crippen LogP contribution < -0.4 is 0 Å². The molecule has 1 aliphatic heterocycles. The van der Waals surface area contributed by atoms with Crippen molar-refractivity contribution in [1.29, 1.82) is 0 Å². The van der Waals surface area contributed by atoms with E-state index in [2.05, 4.69) is 6.58 Å². The number of ether oxygens (including phenoxy) is 1. The van der Waals surface area contributed by atoms with Crippen LogP contribution in [-0.4, -0.2) is 34.0 Å². The number of aliphatic hydroxyl groups excluding tert-OH is 1. The maximum Gasteiger partial charge on any atom is 0.334 e. The van der Waals surface area contributed by atoms with Gasteiger partial charge in [-0.25, -0.2) is 4.79 Å². The molecule has 1 saturated carbocycles. The Kier molecular flexibility index (Phi) is 2.51. The second-order valence-electron chi connectivity index (χ2n) is 6.60. The van der Waals surface area contributed by atoms with Crippen LogP contribution >= 0.6 is 0 Å². The zero-order valence-electron chi connectivity index (χ0n) is 11.3. The maximum absolute atomic E-state index is 11.6. The van der Waals surface area contributed by atoms with E-state index in [-0.39, 0.29) is 23.9 Å². The zero-order valence-corrected chi connectivity index (χ0v) is 11.3. The molecule has 2 N–H and O–H groups in total. The fourth-order valence-corrected chi connectivity index (χ4v) is 4.10. The van der Waals surface area contributed by atoms with Crippen LogP contribution in [0.2, 0.25) is 0 Å². The van der Waals surface area contributed by atoms with E-state index in [9.17, 15) is 15.0 Å². The number of fused-ring (bicyclic) bond motifs is 2. The standard InChI is InChI=1S/C15H20O4/c1-8-9-6-11-14(2,7-10(9)19-13(8)17)12(16)4-5-15(11,3)18/h4-5,9-12,16,18H,1,6-7H2,2-3H3. The molecule has 1 saturated heterocycles. The molecule has 0 bridgehead atoms. The van der Waals surface area contributed by atoms with Gasteiger partial charge in [0.25, 0.3) is 0 Å². The van der Waals surface area contributed by atoms with E-state index < -0.39 is 17.1 Å². The molecule has 0 aromatic carbocycles. The van der Waals surface area contributed by atoms with E-state index >= 15 is 0 Å². The molecule has 19 heavy (non-hydrogen) atoms. The molecule has 2 aliphatic carbocycles. The Balaban J connectivity index is 2.00. The Morgan fingerprint density at radius 1 is 1.47 bits per heavy atom. The van der Waals surface area contributed by atoms with E-state index in [0.717, 1.165) is 0 Å². The lowest BCUT2D eigenvalue weighted by atomic mass is 9.53. The van der Waals surface area contributed by atoms with Crippen molar-refractivity contribution in [3.63, 3.8) is 0 Å². The molecule has 2 fully saturated rings. The number of esters is 1. The lowest BCUT2D eigenvalue weighted by Gasteiger charge is -2.54. The van der Waals surface area contributed by atoms with E-state index in [1.807, 2.05) is 6.92 Å². The van der Waals surface area contributed by atoms with Crippen LogP contribution in [0.15, 0.2) is 24.3 Å². The highest BCUT2D eigenvalue weighted by atomic mass is 16.6. The molecule has 6 atom stereocenters. The predicted octanol–water partition coefficient (Wildman–Crippen LogP) is 1.18. The Morgan fingerprint density at radius 2 is 2.16 bits per heavy atom. The minimum atomic E-state index is -0.967. The smallest absolute Gasteiger partial charge is 0.334 e. The number of hydrogen-bond acceptors (Lipinski definition) is 4. The first kappa shape index (κ1) is 12.9. The first-order chi connectivity index (χ1) is 8.75. The molecule has 4 nitrogen and oxygen atoms in total. The van der Waals surface area contributed by atoms with Crippen LogP contribution in [-0.2, 0) is 9.53 Å². The molecular formula is C15H20O4. The summed E-state index contributed by atoms with van der Waals surface area (Å²) in [6.07, 6.45) is 3.69. The summed E-state index contributed by atoms with van der Waals surface area (Å²) in [5.74, 6) is -0.470. The third-order valence-corrected chi connectivity index (χ3v) is 5.34. The van der Waals surface area contributed by atoms with Crippen molar-refractivity contribution in [3.8, 4) is 0 Å². The van der Waals surface area contributed by atoms with Crippen molar-refractivity contribution in [2.75, 3.05) is 0 Å². The van der Waals surface area contributed by atoms with Crippen LogP contribution in [0.4, 0.5) is 0 Å². The Bertz CT molecular complexity index is 479. The third-order valence-electron chi connectivity index (χ3n) is 5.34. The maximum atomic E-state index is 11.6. The molecule has 6 unspecified atom stereocenters. The molecule has 0 aromatic heterocycles. The molecule has 1 heterocycles. The highest BCUT2D eigenvalue weighted by Gasteiger charge is 2.58. The summed E-state index contributed by atoms with van der Waals surface area (Å²) in [6, 6.07) is 0. The first-order valence-corrected chi connectivity index (χ1v) is 6.75. The van der Waals surface area contributed by atoms with Gasteiger partial charge in [0, 0.05) is 16.9 Å². The van der Waals surface area contributed by atoms with Crippen LogP contribution in [0.5, 0.6) is 0 Å². The summed E-state index contributed by atoms with van der Waals surface area (Å²) >= 11 is 0. The Morgan fingerprint density at radius 3 is 2.84 bits per heavy atom. The van der Waals surface area contributed by atoms with Gasteiger partial charge in [0.1, 0.15) is 6.10 Å². The quantitative estimate of drug-likeness (QED) is 0.392. The fraction of sp³-hybridized carbons (Fsp3) is 0.667. The van der Waals surface area contributed by atoms with E-state index in [1.54, 1.807) is 19.1 Å². The van der Waals surface area contributed by atoms with Crippen molar-refractivity contribution < 1.29 is 19.7 Å². The zero-order chi connectivity index (χ0) is 14.0. The van der Waals surface area contributed by atoms with Gasteiger partial charge in [0.2, 0.25) is 0 Å². The molecule has 0 spiro atoms. The van der Waals surface area contributed by atoms with Crippen LogP contribution in [0.1, 0.15) is 26.7 Å². The lowest BCUT2D eigenvalue weighted by Crippen LogP contribution is -2.57. The van der Waals surface area contributed by atoms with Gasteiger partial charge in [-0.2, -0.15) is 0 Å². The molecule has 3 aliphatic rings. The number of rotatable bonds is 0. The predicted molar refractivity (Wildman–Crippen MR) is 69.1 cm³/mol. The van der Waals surface area contributed by atoms with Crippen molar-refractivity contribution in [3.05, 3.63) is 24.3 Å². The minimum Gasteiger partial charge on any atom is -0.458 e. The number of aliphatic hydroxyl groups is 2. The molecule has 0 amide bonds. The van der Waals surface area contributed by atoms with Gasteiger partial charge >= 0.3 is 5.97 Å². The normalized spacial score (nSPS) is 52.6. The average molecular weight is 264 g/mol. The summed E-state index contributed by atoms with van der Waals surface area (Å²) in [5, 5.41) is 20.9. The lowest BCUT2D eigenvalue weighted by molar-refractivity contribution is -0.154. The third kappa shape index (κ3) is 1.63. The second kappa shape index (κ2) is 3.70. The summed E-state index contributed by atoms with van der Waals surface area (Å²) in [5.41, 5.74) is -0.929. The summed E-state index contributed by atoms with van der Waals surface area (Å²) in [6.45, 7) is 7.54. The highest BCUT2D eigenvalue weighted by molar-refractivity contribution is 5.90. The Hall–Kier alpha value is -1.13. The topological polar surface area (TPSA) is 66.8 Å². The average Bonchev–Trinajstić information content (AvgIpc) is 2.59. The largest absolute Gasteiger partial charge is 0.458 e. The monoisotopic (exact) mass is 264 g/mol. The SMILES string of the molecule is C=C1C(=O)OC2CC3(C)C(O)C=CC(C)(O)C3CC12. The summed E-state index contributed by atoms with van der Waals surface area (Å²) < 4.78 is 5.35. The number of hydrogen-bond donors (Lipinski definition) is 2. The summed E-state index contributed by atoms with van der Waals surface area (Å²) in [4.78, 5) is 11.6. The molecule has 104 valence electrons. The van der Waals surface area contributed by atoms with Gasteiger partial charge in [0.05, 0.1) is 11.7 Å². The fourth-order valence-electron chi connectivity index (χ4n) is 4.10. The van der Waals surface area contributed by atoms with E-state index in [1.165, 1.54) is 0 Å². The Labute approximate surface area is 112 Å². The van der Waals surface area contributed by atoms with E-state index in [0.29, 0.717) is 18.4 Å². The summed E-state index contributed by atoms with van der Waals surface area (Å²) in [7, 11) is 0. The van der Waals surface area contributed by atoms with Gasteiger partial charge in [-0.1, -0.05) is 25.7 Å². The van der Waals surface area contributed by atoms with Gasteiger partial charge < -0.3 is 14.9 Å². The van der Waals surface area contributed by atoms with Gasteiger partial charge in [-0.05, 0) is 25.7 Å². The van der Waals surface area contributed by atoms with Gasteiger partial charge in [-0.15, -0.1) is 0 Å². The second-order valence-corrected chi connectivity index (χ2v) is 6.60. The highest BCUT2D eigenvalue weighted by Crippen LogP contribution is 2.56. The van der Waals surface area contributed by atoms with Crippen molar-refractivity contribution in [2.45, 2.75) is 44.5 Å². The molecular weight excluding hydrogens is 244 g/mol. The molecule has 3 rings (SSSR count). The number of carbonyl (C=O) groups excluding carboxylic acids is 1. The van der Waals surface area contributed by atoms with Gasteiger partial charge in [0.15, 0.2) is 0 Å². The first-order valence-electron chi connectivity index (χ1n) is 6.75. The molecule has 0 aromatic rings.